The predicted molar refractivity (Wildman–Crippen MR) is 64.7 cm³/mol. The molecule has 6 nitrogen and oxygen atoms in total. The summed E-state index contributed by atoms with van der Waals surface area (Å²) in [7, 11) is 0. The average Bonchev–Trinajstić information content (AvgIpc) is 2.31. The molecule has 0 aliphatic heterocycles. The van der Waals surface area contributed by atoms with E-state index in [9.17, 15) is 19.3 Å². The zero-order valence-electron chi connectivity index (χ0n) is 10.1. The Kier molecular flexibility index (Phi) is 4.19. The summed E-state index contributed by atoms with van der Waals surface area (Å²) in [6.45, 7) is 3.62. The summed E-state index contributed by atoms with van der Waals surface area (Å²) in [5.41, 5.74) is 4.19. The molecule has 1 aromatic rings. The molecule has 1 aromatic carbocycles. The Morgan fingerprint density at radius 2 is 2.22 bits per heavy atom. The van der Waals surface area contributed by atoms with E-state index >= 15 is 0 Å². The molecule has 0 heterocycles. The number of carbonyl (C=O) groups is 1. The molecule has 1 unspecified atom stereocenters. The molecule has 98 valence electrons. The third-order valence-electron chi connectivity index (χ3n) is 2.55. The molecule has 0 aromatic heterocycles. The largest absolute Gasteiger partial charge is 0.396 e. The maximum absolute atomic E-state index is 13.2. The number of nitrogens with zero attached hydrogens (tertiary/aromatic N) is 1. The van der Waals surface area contributed by atoms with E-state index in [1.807, 2.05) is 6.92 Å². The minimum absolute atomic E-state index is 0.136. The molecule has 0 aliphatic rings. The minimum atomic E-state index is -0.915. The van der Waals surface area contributed by atoms with Crippen LogP contribution in [-0.4, -0.2) is 16.9 Å². The van der Waals surface area contributed by atoms with Crippen LogP contribution in [-0.2, 0) is 0 Å². The van der Waals surface area contributed by atoms with Gasteiger partial charge in [0.25, 0.3) is 11.6 Å². The summed E-state index contributed by atoms with van der Waals surface area (Å²) >= 11 is 0. The van der Waals surface area contributed by atoms with E-state index < -0.39 is 22.3 Å². The van der Waals surface area contributed by atoms with E-state index in [0.717, 1.165) is 6.07 Å². The summed E-state index contributed by atoms with van der Waals surface area (Å²) in [5.74, 6) is -1.55. The molecule has 0 fully saturated rings. The lowest BCUT2D eigenvalue weighted by molar-refractivity contribution is -0.385. The van der Waals surface area contributed by atoms with Gasteiger partial charge in [0.1, 0.15) is 5.56 Å². The number of nitrogen functional groups attached to an aromatic ring is 1. The van der Waals surface area contributed by atoms with Crippen molar-refractivity contribution in [2.24, 2.45) is 0 Å². The first-order chi connectivity index (χ1) is 8.36. The van der Waals surface area contributed by atoms with Gasteiger partial charge in [-0.3, -0.25) is 14.9 Å². The van der Waals surface area contributed by atoms with E-state index in [2.05, 4.69) is 5.32 Å². The van der Waals surface area contributed by atoms with Crippen molar-refractivity contribution in [3.63, 3.8) is 0 Å². The number of rotatable bonds is 4. The lowest BCUT2D eigenvalue weighted by atomic mass is 10.1. The molecule has 1 rings (SSSR count). The fourth-order valence-corrected chi connectivity index (χ4v) is 1.32. The van der Waals surface area contributed by atoms with Gasteiger partial charge in [-0.15, -0.1) is 0 Å². The Balaban J connectivity index is 3.18. The molecule has 7 heteroatoms. The fourth-order valence-electron chi connectivity index (χ4n) is 1.32. The first-order valence-electron chi connectivity index (χ1n) is 5.41. The quantitative estimate of drug-likeness (QED) is 0.487. The average molecular weight is 255 g/mol. The summed E-state index contributed by atoms with van der Waals surface area (Å²) in [6, 6.07) is 1.50. The highest BCUT2D eigenvalue weighted by Gasteiger charge is 2.23. The van der Waals surface area contributed by atoms with E-state index in [1.165, 1.54) is 0 Å². The number of hydrogen-bond donors (Lipinski definition) is 2. The summed E-state index contributed by atoms with van der Waals surface area (Å²) < 4.78 is 13.2. The Morgan fingerprint density at radius 1 is 1.61 bits per heavy atom. The van der Waals surface area contributed by atoms with E-state index in [1.54, 1.807) is 6.92 Å². The van der Waals surface area contributed by atoms with Gasteiger partial charge in [-0.25, -0.2) is 4.39 Å². The van der Waals surface area contributed by atoms with Gasteiger partial charge in [-0.2, -0.15) is 0 Å². The summed E-state index contributed by atoms with van der Waals surface area (Å²) in [6.07, 6.45) is 0.677. The van der Waals surface area contributed by atoms with Crippen LogP contribution in [0.25, 0.3) is 0 Å². The van der Waals surface area contributed by atoms with Crippen molar-refractivity contribution in [3.8, 4) is 0 Å². The standard InChI is InChI=1S/C11H14FN3O3/c1-3-6(2)14-11(16)7-4-9(13)8(12)5-10(7)15(17)18/h4-6H,3,13H2,1-2H3,(H,14,16). The molecule has 0 saturated heterocycles. The third-order valence-corrected chi connectivity index (χ3v) is 2.55. The first kappa shape index (κ1) is 13.9. The molecule has 3 N–H and O–H groups in total. The smallest absolute Gasteiger partial charge is 0.285 e. The van der Waals surface area contributed by atoms with E-state index in [4.69, 9.17) is 5.73 Å². The maximum Gasteiger partial charge on any atom is 0.285 e. The summed E-state index contributed by atoms with van der Waals surface area (Å²) in [4.78, 5) is 21.8. The van der Waals surface area contributed by atoms with Gasteiger partial charge < -0.3 is 11.1 Å². The summed E-state index contributed by atoms with van der Waals surface area (Å²) in [5, 5.41) is 13.3. The van der Waals surface area contributed by atoms with Crippen LogP contribution >= 0.6 is 0 Å². The third kappa shape index (κ3) is 2.93. The Labute approximate surface area is 103 Å². The Morgan fingerprint density at radius 3 is 2.72 bits per heavy atom. The molecule has 1 amide bonds. The maximum atomic E-state index is 13.2. The number of anilines is 1. The van der Waals surface area contributed by atoms with Crippen molar-refractivity contribution in [1.82, 2.24) is 5.32 Å². The van der Waals surface area contributed by atoms with Gasteiger partial charge in [-0.05, 0) is 19.4 Å². The van der Waals surface area contributed by atoms with Gasteiger partial charge in [0.05, 0.1) is 16.7 Å². The van der Waals surface area contributed by atoms with Crippen molar-refractivity contribution in [3.05, 3.63) is 33.6 Å². The van der Waals surface area contributed by atoms with Crippen molar-refractivity contribution in [2.45, 2.75) is 26.3 Å². The number of amides is 1. The van der Waals surface area contributed by atoms with Crippen LogP contribution in [0.1, 0.15) is 30.6 Å². The van der Waals surface area contributed by atoms with Crippen molar-refractivity contribution < 1.29 is 14.1 Å². The SMILES string of the molecule is CCC(C)NC(=O)c1cc(N)c(F)cc1[N+](=O)[O-]. The highest BCUT2D eigenvalue weighted by Crippen LogP contribution is 2.24. The Bertz CT molecular complexity index is 491. The van der Waals surface area contributed by atoms with Crippen molar-refractivity contribution in [2.75, 3.05) is 5.73 Å². The Hall–Kier alpha value is -2.18. The molecule has 1 atom stereocenters. The second kappa shape index (κ2) is 5.44. The highest BCUT2D eigenvalue weighted by molar-refractivity contribution is 5.99. The zero-order valence-corrected chi connectivity index (χ0v) is 10.1. The number of benzene rings is 1. The van der Waals surface area contributed by atoms with Gasteiger partial charge in [0.15, 0.2) is 5.82 Å². The first-order valence-corrected chi connectivity index (χ1v) is 5.41. The highest BCUT2D eigenvalue weighted by atomic mass is 19.1. The number of nitrogens with one attached hydrogen (secondary N) is 1. The molecule has 0 aliphatic carbocycles. The number of nitrogens with two attached hydrogens (primary N) is 1. The van der Waals surface area contributed by atoms with Crippen LogP contribution in [0.2, 0.25) is 0 Å². The number of nitro groups is 1. The minimum Gasteiger partial charge on any atom is -0.396 e. The number of carbonyl (C=O) groups excluding carboxylic acids is 1. The van der Waals surface area contributed by atoms with Gasteiger partial charge in [0.2, 0.25) is 0 Å². The van der Waals surface area contributed by atoms with Crippen LogP contribution in [0.15, 0.2) is 12.1 Å². The van der Waals surface area contributed by atoms with Gasteiger partial charge in [0, 0.05) is 6.04 Å². The van der Waals surface area contributed by atoms with E-state index in [0.29, 0.717) is 12.5 Å². The number of hydrogen-bond acceptors (Lipinski definition) is 4. The molecule has 0 spiro atoms. The lowest BCUT2D eigenvalue weighted by Crippen LogP contribution is -2.32. The lowest BCUT2D eigenvalue weighted by Gasteiger charge is -2.11. The van der Waals surface area contributed by atoms with Crippen LogP contribution in [0.3, 0.4) is 0 Å². The van der Waals surface area contributed by atoms with Crippen LogP contribution in [0.5, 0.6) is 0 Å². The van der Waals surface area contributed by atoms with Crippen LogP contribution in [0, 0.1) is 15.9 Å². The van der Waals surface area contributed by atoms with Gasteiger partial charge >= 0.3 is 0 Å². The topological polar surface area (TPSA) is 98.3 Å². The second-order valence-electron chi connectivity index (χ2n) is 3.93. The fraction of sp³-hybridized carbons (Fsp3) is 0.364. The van der Waals surface area contributed by atoms with Crippen molar-refractivity contribution >= 4 is 17.3 Å². The molecular weight excluding hydrogens is 241 g/mol. The monoisotopic (exact) mass is 255 g/mol. The molecule has 18 heavy (non-hydrogen) atoms. The molecular formula is C11H14FN3O3. The predicted octanol–water partition coefficient (Wildman–Crippen LogP) is 1.84. The second-order valence-corrected chi connectivity index (χ2v) is 3.93. The molecule has 0 radical (unpaired) electrons. The molecule has 0 saturated carbocycles. The van der Waals surface area contributed by atoms with Crippen LogP contribution < -0.4 is 11.1 Å². The van der Waals surface area contributed by atoms with Gasteiger partial charge in [-0.1, -0.05) is 6.92 Å². The van der Waals surface area contributed by atoms with Crippen molar-refractivity contribution in [1.29, 1.82) is 0 Å². The number of halogens is 1. The number of nitro benzene ring substituents is 1. The normalized spacial score (nSPS) is 11.9. The van der Waals surface area contributed by atoms with Crippen LogP contribution in [0.4, 0.5) is 15.8 Å². The zero-order chi connectivity index (χ0) is 13.9. The molecule has 0 bridgehead atoms. The van der Waals surface area contributed by atoms with E-state index in [-0.39, 0.29) is 17.3 Å².